The number of aromatic nitrogens is 3. The summed E-state index contributed by atoms with van der Waals surface area (Å²) in [6, 6.07) is 8.37. The molecule has 0 unspecified atom stereocenters. The highest BCUT2D eigenvalue weighted by Crippen LogP contribution is 2.31. The molecule has 1 amide bonds. The van der Waals surface area contributed by atoms with Gasteiger partial charge in [-0.3, -0.25) is 4.79 Å². The summed E-state index contributed by atoms with van der Waals surface area (Å²) < 4.78 is 22.6. The third kappa shape index (κ3) is 4.58. The molecule has 5 rings (SSSR count). The zero-order chi connectivity index (χ0) is 23.2. The Morgan fingerprint density at radius 2 is 1.97 bits per heavy atom. The highest BCUT2D eigenvalue weighted by atomic mass is 32.2. The number of hydrogen-bond donors (Lipinski definition) is 4. The summed E-state index contributed by atoms with van der Waals surface area (Å²) in [6.45, 7) is 3.06. The number of fused-ring (bicyclic) bond motifs is 2. The summed E-state index contributed by atoms with van der Waals surface area (Å²) >= 11 is 0. The van der Waals surface area contributed by atoms with Gasteiger partial charge >= 0.3 is 0 Å². The van der Waals surface area contributed by atoms with Crippen LogP contribution in [0.25, 0.3) is 22.3 Å². The molecule has 9 nitrogen and oxygen atoms in total. The van der Waals surface area contributed by atoms with Crippen molar-refractivity contribution in [2.75, 3.05) is 30.4 Å². The third-order valence-electron chi connectivity index (χ3n) is 6.35. The first kappa shape index (κ1) is 21.8. The summed E-state index contributed by atoms with van der Waals surface area (Å²) in [5.41, 5.74) is 5.85. The Morgan fingerprint density at radius 1 is 1.15 bits per heavy atom. The number of anilines is 1. The van der Waals surface area contributed by atoms with Gasteiger partial charge in [0.15, 0.2) is 0 Å². The minimum absolute atomic E-state index is 0.0482. The predicted molar refractivity (Wildman–Crippen MR) is 128 cm³/mol. The van der Waals surface area contributed by atoms with E-state index >= 15 is 0 Å². The molecule has 1 aliphatic carbocycles. The smallest absolute Gasteiger partial charge is 0.253 e. The van der Waals surface area contributed by atoms with E-state index in [1.54, 1.807) is 0 Å². The molecular formula is C23H28N6O3S. The van der Waals surface area contributed by atoms with Crippen molar-refractivity contribution >= 4 is 32.6 Å². The molecule has 3 heterocycles. The summed E-state index contributed by atoms with van der Waals surface area (Å²) in [7, 11) is -2.94. The molecule has 0 spiro atoms. The van der Waals surface area contributed by atoms with Crippen LogP contribution in [-0.2, 0) is 16.3 Å². The largest absolute Gasteiger partial charge is 0.366 e. The molecule has 33 heavy (non-hydrogen) atoms. The molecule has 0 bridgehead atoms. The quantitative estimate of drug-likeness (QED) is 0.416. The van der Waals surface area contributed by atoms with Gasteiger partial charge in [0.05, 0.1) is 22.5 Å². The number of para-hydroxylation sites is 1. The van der Waals surface area contributed by atoms with Crippen molar-refractivity contribution in [3.63, 3.8) is 0 Å². The van der Waals surface area contributed by atoms with Gasteiger partial charge in [0.25, 0.3) is 5.91 Å². The van der Waals surface area contributed by atoms with Crippen LogP contribution in [-0.4, -0.2) is 66.5 Å². The van der Waals surface area contributed by atoms with Gasteiger partial charge in [-0.1, -0.05) is 12.1 Å². The van der Waals surface area contributed by atoms with Crippen LogP contribution in [0.4, 0.5) is 5.82 Å². The maximum atomic E-state index is 12.2. The molecule has 1 aromatic carbocycles. The number of rotatable bonds is 7. The van der Waals surface area contributed by atoms with Crippen LogP contribution in [0.3, 0.4) is 0 Å². The van der Waals surface area contributed by atoms with Gasteiger partial charge in [0.2, 0.25) is 0 Å². The molecule has 0 radical (unpaired) electrons. The van der Waals surface area contributed by atoms with Crippen LogP contribution < -0.4 is 16.0 Å². The van der Waals surface area contributed by atoms with E-state index in [1.807, 2.05) is 31.2 Å². The van der Waals surface area contributed by atoms with Crippen molar-refractivity contribution in [3.05, 3.63) is 41.2 Å². The molecule has 1 fully saturated rings. The highest BCUT2D eigenvalue weighted by molar-refractivity contribution is 7.90. The van der Waals surface area contributed by atoms with E-state index in [2.05, 4.69) is 20.9 Å². The lowest BCUT2D eigenvalue weighted by atomic mass is 9.86. The first-order valence-corrected chi connectivity index (χ1v) is 13.3. The number of aryl methyl sites for hydroxylation is 1. The zero-order valence-corrected chi connectivity index (χ0v) is 19.6. The average Bonchev–Trinajstić information content (AvgIpc) is 3.16. The molecule has 3 aromatic rings. The molecular weight excluding hydrogens is 440 g/mol. The number of nitrogens with one attached hydrogen (secondary N) is 4. The van der Waals surface area contributed by atoms with E-state index in [0.717, 1.165) is 58.8 Å². The van der Waals surface area contributed by atoms with Crippen LogP contribution in [0.5, 0.6) is 0 Å². The average molecular weight is 469 g/mol. The number of sulfone groups is 1. The topological polar surface area (TPSA) is 129 Å². The van der Waals surface area contributed by atoms with Gasteiger partial charge in [0.1, 0.15) is 21.2 Å². The summed E-state index contributed by atoms with van der Waals surface area (Å²) in [6.07, 6.45) is 3.85. The van der Waals surface area contributed by atoms with Crippen LogP contribution in [0, 0.1) is 6.92 Å². The van der Waals surface area contributed by atoms with Crippen molar-refractivity contribution in [1.29, 1.82) is 0 Å². The first-order valence-electron chi connectivity index (χ1n) is 11.2. The van der Waals surface area contributed by atoms with E-state index in [9.17, 15) is 13.2 Å². The number of hydrogen-bond acceptors (Lipinski definition) is 7. The lowest BCUT2D eigenvalue weighted by molar-refractivity contribution is 0.0946. The summed E-state index contributed by atoms with van der Waals surface area (Å²) in [5, 5.41) is 9.69. The third-order valence-corrected chi connectivity index (χ3v) is 7.29. The van der Waals surface area contributed by atoms with Crippen molar-refractivity contribution < 1.29 is 13.2 Å². The summed E-state index contributed by atoms with van der Waals surface area (Å²) in [4.78, 5) is 25.3. The number of nitrogens with zero attached hydrogens (tertiary/aromatic N) is 2. The second kappa shape index (κ2) is 8.42. The Bertz CT molecular complexity index is 1330. The molecule has 1 aliphatic heterocycles. The van der Waals surface area contributed by atoms with Gasteiger partial charge in [-0.05, 0) is 31.9 Å². The molecule has 0 saturated heterocycles. The normalized spacial score (nSPS) is 20.2. The molecule has 174 valence electrons. The molecule has 2 aromatic heterocycles. The van der Waals surface area contributed by atoms with E-state index in [-0.39, 0.29) is 17.7 Å². The second-order valence-electron chi connectivity index (χ2n) is 9.01. The van der Waals surface area contributed by atoms with Crippen LogP contribution >= 0.6 is 0 Å². The van der Waals surface area contributed by atoms with Gasteiger partial charge in [-0.15, -0.1) is 0 Å². The Hall–Kier alpha value is -2.98. The SMILES string of the molecule is Cc1nc2cccc(-c3cc4c([nH]3)CCNC4=O)c2nc1N[C@H]1C[C@@H](NCCS(C)(=O)=O)C1. The number of benzene rings is 1. The second-order valence-corrected chi connectivity index (χ2v) is 11.3. The maximum Gasteiger partial charge on any atom is 0.253 e. The Morgan fingerprint density at radius 3 is 2.73 bits per heavy atom. The number of carbonyl (C=O) groups is 1. The minimum Gasteiger partial charge on any atom is -0.366 e. The minimum atomic E-state index is -2.94. The van der Waals surface area contributed by atoms with Crippen molar-refractivity contribution in [2.45, 2.75) is 38.3 Å². The van der Waals surface area contributed by atoms with Gasteiger partial charge < -0.3 is 20.9 Å². The highest BCUT2D eigenvalue weighted by Gasteiger charge is 2.29. The standard InChI is InChI=1S/C23H28N6O3S/c1-13-22(27-15-10-14(11-15)24-8-9-33(2,31)32)29-21-16(4-3-5-19(21)26-13)20-12-17-18(28-20)6-7-25-23(17)30/h3-5,12,14-15,24,28H,6-11H2,1-2H3,(H,25,30)(H,27,29)/t14-,15+. The Balaban J connectivity index is 1.34. The van der Waals surface area contributed by atoms with Gasteiger partial charge in [0, 0.05) is 54.8 Å². The lowest BCUT2D eigenvalue weighted by Crippen LogP contribution is -2.48. The molecule has 2 aliphatic rings. The summed E-state index contributed by atoms with van der Waals surface area (Å²) in [5.74, 6) is 0.861. The number of aromatic amines is 1. The molecule has 10 heteroatoms. The van der Waals surface area contributed by atoms with Crippen LogP contribution in [0.1, 0.15) is 34.6 Å². The van der Waals surface area contributed by atoms with E-state index in [4.69, 9.17) is 9.97 Å². The van der Waals surface area contributed by atoms with Crippen molar-refractivity contribution in [3.8, 4) is 11.3 Å². The van der Waals surface area contributed by atoms with Crippen molar-refractivity contribution in [2.24, 2.45) is 0 Å². The fraction of sp³-hybridized carbons (Fsp3) is 0.435. The van der Waals surface area contributed by atoms with Gasteiger partial charge in [-0.25, -0.2) is 18.4 Å². The van der Waals surface area contributed by atoms with Gasteiger partial charge in [-0.2, -0.15) is 0 Å². The number of amides is 1. The van der Waals surface area contributed by atoms with Crippen LogP contribution in [0.2, 0.25) is 0 Å². The Labute approximate surface area is 192 Å². The fourth-order valence-electron chi connectivity index (χ4n) is 4.50. The Kier molecular flexibility index (Phi) is 5.57. The zero-order valence-electron chi connectivity index (χ0n) is 18.7. The maximum absolute atomic E-state index is 12.2. The monoisotopic (exact) mass is 468 g/mol. The van der Waals surface area contributed by atoms with Crippen molar-refractivity contribution in [1.82, 2.24) is 25.6 Å². The molecule has 1 saturated carbocycles. The van der Waals surface area contributed by atoms with E-state index < -0.39 is 9.84 Å². The van der Waals surface area contributed by atoms with Crippen LogP contribution in [0.15, 0.2) is 24.3 Å². The fourth-order valence-corrected chi connectivity index (χ4v) is 4.99. The molecule has 4 N–H and O–H groups in total. The molecule has 0 atom stereocenters. The lowest BCUT2D eigenvalue weighted by Gasteiger charge is -2.37. The van der Waals surface area contributed by atoms with E-state index in [0.29, 0.717) is 24.7 Å². The number of H-pyrrole nitrogens is 1. The van der Waals surface area contributed by atoms with E-state index in [1.165, 1.54) is 6.26 Å². The first-order chi connectivity index (χ1) is 15.8. The predicted octanol–water partition coefficient (Wildman–Crippen LogP) is 1.80. The number of carbonyl (C=O) groups excluding carboxylic acids is 1.